The van der Waals surface area contributed by atoms with Crippen LogP contribution in [0.15, 0.2) is 18.5 Å². The molecule has 3 nitrogen and oxygen atoms in total. The molecule has 0 bridgehead atoms. The Morgan fingerprint density at radius 1 is 1.50 bits per heavy atom. The van der Waals surface area contributed by atoms with E-state index in [9.17, 15) is 0 Å². The zero-order valence-electron chi connectivity index (χ0n) is 10.1. The van der Waals surface area contributed by atoms with Crippen molar-refractivity contribution >= 4 is 11.6 Å². The second-order valence-electron chi connectivity index (χ2n) is 4.26. The molecule has 0 fully saturated rings. The summed E-state index contributed by atoms with van der Waals surface area (Å²) in [6.45, 7) is 8.39. The molecule has 0 unspecified atom stereocenters. The summed E-state index contributed by atoms with van der Waals surface area (Å²) in [6, 6.07) is 1.92. The van der Waals surface area contributed by atoms with Crippen LogP contribution in [0.1, 0.15) is 26.3 Å². The molecule has 0 saturated heterocycles. The minimum atomic E-state index is -0.145. The smallest absolute Gasteiger partial charge is 0.0750 e. The van der Waals surface area contributed by atoms with Crippen molar-refractivity contribution in [2.45, 2.75) is 32.9 Å². The maximum absolute atomic E-state index is 6.00. The fraction of sp³-hybridized carbons (Fsp3) is 0.583. The van der Waals surface area contributed by atoms with Crippen molar-refractivity contribution in [2.24, 2.45) is 0 Å². The second kappa shape index (κ2) is 6.18. The standard InChI is InChI=1S/C12H19ClN2O/c1-4-16-12(2,3)9-15-7-10-5-6-14-8-11(10)13/h5-6,8,15H,4,7,9H2,1-3H3. The number of ether oxygens (including phenoxy) is 1. The third kappa shape index (κ3) is 4.47. The molecule has 1 aromatic rings. The van der Waals surface area contributed by atoms with Gasteiger partial charge in [0, 0.05) is 32.1 Å². The quantitative estimate of drug-likeness (QED) is 0.833. The molecule has 1 rings (SSSR count). The highest BCUT2D eigenvalue weighted by Crippen LogP contribution is 2.13. The summed E-state index contributed by atoms with van der Waals surface area (Å²) < 4.78 is 5.59. The van der Waals surface area contributed by atoms with E-state index in [1.54, 1.807) is 12.4 Å². The fourth-order valence-electron chi connectivity index (χ4n) is 1.49. The van der Waals surface area contributed by atoms with Gasteiger partial charge < -0.3 is 10.1 Å². The van der Waals surface area contributed by atoms with Crippen molar-refractivity contribution in [3.63, 3.8) is 0 Å². The molecule has 0 amide bonds. The zero-order valence-corrected chi connectivity index (χ0v) is 10.8. The van der Waals surface area contributed by atoms with Crippen LogP contribution in [0.3, 0.4) is 0 Å². The van der Waals surface area contributed by atoms with Gasteiger partial charge in [-0.15, -0.1) is 0 Å². The van der Waals surface area contributed by atoms with Crippen LogP contribution in [-0.4, -0.2) is 23.7 Å². The van der Waals surface area contributed by atoms with Gasteiger partial charge in [-0.1, -0.05) is 11.6 Å². The molecule has 1 heterocycles. The van der Waals surface area contributed by atoms with Gasteiger partial charge in [-0.2, -0.15) is 0 Å². The highest BCUT2D eigenvalue weighted by Gasteiger charge is 2.16. The molecule has 1 aromatic heterocycles. The third-order valence-corrected chi connectivity index (χ3v) is 2.60. The zero-order chi connectivity index (χ0) is 12.0. The molecule has 0 atom stereocenters. The Balaban J connectivity index is 2.39. The number of rotatable bonds is 6. The molecule has 0 saturated carbocycles. The van der Waals surface area contributed by atoms with E-state index < -0.39 is 0 Å². The van der Waals surface area contributed by atoms with Gasteiger partial charge in [0.25, 0.3) is 0 Å². The van der Waals surface area contributed by atoms with E-state index in [4.69, 9.17) is 16.3 Å². The second-order valence-corrected chi connectivity index (χ2v) is 4.67. The maximum Gasteiger partial charge on any atom is 0.0750 e. The summed E-state index contributed by atoms with van der Waals surface area (Å²) in [5, 5.41) is 4.03. The molecule has 0 spiro atoms. The first-order chi connectivity index (χ1) is 7.55. The molecule has 1 N–H and O–H groups in total. The van der Waals surface area contributed by atoms with Crippen LogP contribution >= 0.6 is 11.6 Å². The lowest BCUT2D eigenvalue weighted by atomic mass is 10.1. The number of halogens is 1. The molecule has 16 heavy (non-hydrogen) atoms. The average molecular weight is 243 g/mol. The highest BCUT2D eigenvalue weighted by atomic mass is 35.5. The molecule has 0 aliphatic rings. The summed E-state index contributed by atoms with van der Waals surface area (Å²) in [6.07, 6.45) is 3.41. The summed E-state index contributed by atoms with van der Waals surface area (Å²) >= 11 is 6.00. The number of aromatic nitrogens is 1. The summed E-state index contributed by atoms with van der Waals surface area (Å²) in [5.74, 6) is 0. The Morgan fingerprint density at radius 2 is 2.25 bits per heavy atom. The van der Waals surface area contributed by atoms with E-state index in [-0.39, 0.29) is 5.60 Å². The Hall–Kier alpha value is -0.640. The normalized spacial score (nSPS) is 11.8. The van der Waals surface area contributed by atoms with E-state index in [0.717, 1.165) is 25.3 Å². The van der Waals surface area contributed by atoms with E-state index in [2.05, 4.69) is 24.1 Å². The van der Waals surface area contributed by atoms with Gasteiger partial charge in [0.05, 0.1) is 10.6 Å². The summed E-state index contributed by atoms with van der Waals surface area (Å²) in [5.41, 5.74) is 0.915. The Bertz CT molecular complexity index is 329. The first-order valence-electron chi connectivity index (χ1n) is 5.48. The van der Waals surface area contributed by atoms with Gasteiger partial charge in [-0.05, 0) is 32.4 Å². The molecule has 0 aromatic carbocycles. The number of hydrogen-bond acceptors (Lipinski definition) is 3. The molecule has 0 aliphatic heterocycles. The van der Waals surface area contributed by atoms with Crippen LogP contribution in [0.25, 0.3) is 0 Å². The lowest BCUT2D eigenvalue weighted by Crippen LogP contribution is -2.37. The van der Waals surface area contributed by atoms with Gasteiger partial charge in [0.2, 0.25) is 0 Å². The minimum Gasteiger partial charge on any atom is -0.375 e. The third-order valence-electron chi connectivity index (χ3n) is 2.26. The van der Waals surface area contributed by atoms with Crippen molar-refractivity contribution in [2.75, 3.05) is 13.2 Å². The first-order valence-corrected chi connectivity index (χ1v) is 5.86. The Morgan fingerprint density at radius 3 is 2.88 bits per heavy atom. The lowest BCUT2D eigenvalue weighted by molar-refractivity contribution is -0.00897. The predicted molar refractivity (Wildman–Crippen MR) is 66.7 cm³/mol. The largest absolute Gasteiger partial charge is 0.375 e. The van der Waals surface area contributed by atoms with E-state index >= 15 is 0 Å². The van der Waals surface area contributed by atoms with Gasteiger partial charge in [0.15, 0.2) is 0 Å². The van der Waals surface area contributed by atoms with E-state index in [0.29, 0.717) is 5.02 Å². The maximum atomic E-state index is 6.00. The topological polar surface area (TPSA) is 34.1 Å². The van der Waals surface area contributed by atoms with Crippen LogP contribution in [-0.2, 0) is 11.3 Å². The summed E-state index contributed by atoms with van der Waals surface area (Å²) in [7, 11) is 0. The van der Waals surface area contributed by atoms with E-state index in [1.807, 2.05) is 13.0 Å². The molecular formula is C12H19ClN2O. The van der Waals surface area contributed by atoms with Gasteiger partial charge >= 0.3 is 0 Å². The van der Waals surface area contributed by atoms with Crippen molar-refractivity contribution in [1.29, 1.82) is 0 Å². The van der Waals surface area contributed by atoms with Gasteiger partial charge in [-0.3, -0.25) is 4.98 Å². The number of nitrogens with one attached hydrogen (secondary N) is 1. The lowest BCUT2D eigenvalue weighted by Gasteiger charge is -2.25. The van der Waals surface area contributed by atoms with Crippen molar-refractivity contribution in [1.82, 2.24) is 10.3 Å². The van der Waals surface area contributed by atoms with Crippen LogP contribution in [0.4, 0.5) is 0 Å². The number of hydrogen-bond donors (Lipinski definition) is 1. The van der Waals surface area contributed by atoms with Crippen LogP contribution < -0.4 is 5.32 Å². The predicted octanol–water partition coefficient (Wildman–Crippen LogP) is 2.64. The van der Waals surface area contributed by atoms with Crippen molar-refractivity contribution < 1.29 is 4.74 Å². The molecule has 0 aliphatic carbocycles. The van der Waals surface area contributed by atoms with E-state index in [1.165, 1.54) is 0 Å². The fourth-order valence-corrected chi connectivity index (χ4v) is 1.67. The van der Waals surface area contributed by atoms with Crippen molar-refractivity contribution in [3.8, 4) is 0 Å². The molecule has 90 valence electrons. The minimum absolute atomic E-state index is 0.145. The van der Waals surface area contributed by atoms with Gasteiger partial charge in [0.1, 0.15) is 0 Å². The van der Waals surface area contributed by atoms with Crippen molar-refractivity contribution in [3.05, 3.63) is 29.0 Å². The average Bonchev–Trinajstić information content (AvgIpc) is 2.20. The number of nitrogens with zero attached hydrogens (tertiary/aromatic N) is 1. The Kier molecular flexibility index (Phi) is 5.19. The first kappa shape index (κ1) is 13.4. The Labute approximate surface area is 102 Å². The summed E-state index contributed by atoms with van der Waals surface area (Å²) in [4.78, 5) is 3.95. The van der Waals surface area contributed by atoms with Crippen LogP contribution in [0, 0.1) is 0 Å². The molecular weight excluding hydrogens is 224 g/mol. The van der Waals surface area contributed by atoms with Crippen LogP contribution in [0.2, 0.25) is 5.02 Å². The SMILES string of the molecule is CCOC(C)(C)CNCc1ccncc1Cl. The molecule has 0 radical (unpaired) electrons. The highest BCUT2D eigenvalue weighted by molar-refractivity contribution is 6.31. The molecule has 4 heteroatoms. The monoisotopic (exact) mass is 242 g/mol. The van der Waals surface area contributed by atoms with Gasteiger partial charge in [-0.25, -0.2) is 0 Å². The van der Waals surface area contributed by atoms with Crippen LogP contribution in [0.5, 0.6) is 0 Å². The number of pyridine rings is 1.